The minimum atomic E-state index is -0.111. The van der Waals surface area contributed by atoms with E-state index in [-0.39, 0.29) is 10.8 Å². The average molecular weight is 363 g/mol. The summed E-state index contributed by atoms with van der Waals surface area (Å²) >= 11 is 3.40. The topological polar surface area (TPSA) is 26.3 Å². The maximum atomic E-state index is 11.4. The van der Waals surface area contributed by atoms with E-state index in [1.165, 1.54) is 70.6 Å². The second-order valence-electron chi connectivity index (χ2n) is 5.90. The van der Waals surface area contributed by atoms with Crippen LogP contribution in [0.2, 0.25) is 0 Å². The second-order valence-corrected chi connectivity index (χ2v) is 7.00. The number of halogens is 1. The molecule has 0 aromatic heterocycles. The molecule has 0 spiro atoms. The first-order valence-corrected chi connectivity index (χ1v) is 9.94. The molecule has 0 bridgehead atoms. The fraction of sp³-hybridized carbons (Fsp3) is 0.944. The van der Waals surface area contributed by atoms with Crippen molar-refractivity contribution in [2.24, 2.45) is 0 Å². The molecule has 21 heavy (non-hydrogen) atoms. The highest BCUT2D eigenvalue weighted by Crippen LogP contribution is 2.15. The average Bonchev–Trinajstić information content (AvgIpc) is 2.48. The van der Waals surface area contributed by atoms with Gasteiger partial charge in [-0.3, -0.25) is 4.79 Å². The van der Waals surface area contributed by atoms with Gasteiger partial charge in [-0.05, 0) is 13.3 Å². The summed E-state index contributed by atoms with van der Waals surface area (Å²) in [4.78, 5) is 11.3. The summed E-state index contributed by atoms with van der Waals surface area (Å²) in [5.74, 6) is -0.111. The van der Waals surface area contributed by atoms with Gasteiger partial charge in [0.15, 0.2) is 0 Å². The van der Waals surface area contributed by atoms with Crippen molar-refractivity contribution >= 4 is 21.9 Å². The van der Waals surface area contributed by atoms with Crippen molar-refractivity contribution < 1.29 is 9.53 Å². The summed E-state index contributed by atoms with van der Waals surface area (Å²) in [5, 5.41) is 0. The number of ether oxygens (including phenoxy) is 1. The Kier molecular flexibility index (Phi) is 16.3. The van der Waals surface area contributed by atoms with Gasteiger partial charge in [-0.25, -0.2) is 0 Å². The number of rotatable bonds is 15. The molecule has 0 saturated heterocycles. The highest BCUT2D eigenvalue weighted by atomic mass is 79.9. The summed E-state index contributed by atoms with van der Waals surface area (Å²) in [6.45, 7) is 4.59. The predicted molar refractivity (Wildman–Crippen MR) is 95.0 cm³/mol. The number of alkyl halides is 1. The standard InChI is InChI=1S/C18H35BrO2/c1-3-5-6-7-8-9-10-11-12-13-14-15-16-17(19)18(20)21-4-2/h17H,3-16H2,1-2H3. The van der Waals surface area contributed by atoms with Gasteiger partial charge >= 0.3 is 5.97 Å². The van der Waals surface area contributed by atoms with Crippen LogP contribution in [0, 0.1) is 0 Å². The maximum Gasteiger partial charge on any atom is 0.319 e. The van der Waals surface area contributed by atoms with E-state index in [1.54, 1.807) is 0 Å². The van der Waals surface area contributed by atoms with Crippen molar-refractivity contribution in [3.8, 4) is 0 Å². The number of unbranched alkanes of at least 4 members (excludes halogenated alkanes) is 11. The van der Waals surface area contributed by atoms with Crippen molar-refractivity contribution in [3.63, 3.8) is 0 Å². The van der Waals surface area contributed by atoms with Crippen molar-refractivity contribution in [2.45, 2.75) is 102 Å². The van der Waals surface area contributed by atoms with Crippen molar-refractivity contribution in [3.05, 3.63) is 0 Å². The molecule has 0 saturated carbocycles. The fourth-order valence-electron chi connectivity index (χ4n) is 2.52. The lowest BCUT2D eigenvalue weighted by Gasteiger charge is -2.08. The van der Waals surface area contributed by atoms with Crippen molar-refractivity contribution in [1.82, 2.24) is 0 Å². The normalized spacial score (nSPS) is 12.3. The Bertz CT molecular complexity index is 231. The molecule has 0 radical (unpaired) electrons. The first kappa shape index (κ1) is 20.9. The molecule has 2 nitrogen and oxygen atoms in total. The van der Waals surface area contributed by atoms with Crippen LogP contribution >= 0.6 is 15.9 Å². The van der Waals surface area contributed by atoms with Gasteiger partial charge in [0.05, 0.1) is 6.61 Å². The third-order valence-electron chi connectivity index (χ3n) is 3.85. The van der Waals surface area contributed by atoms with E-state index in [1.807, 2.05) is 6.92 Å². The molecule has 126 valence electrons. The first-order valence-electron chi connectivity index (χ1n) is 9.03. The van der Waals surface area contributed by atoms with Crippen LogP contribution in [0.5, 0.6) is 0 Å². The summed E-state index contributed by atoms with van der Waals surface area (Å²) in [6, 6.07) is 0. The number of hydrogen-bond donors (Lipinski definition) is 0. The molecular weight excluding hydrogens is 328 g/mol. The number of esters is 1. The number of hydrogen-bond acceptors (Lipinski definition) is 2. The molecule has 1 unspecified atom stereocenters. The molecule has 0 rings (SSSR count). The zero-order chi connectivity index (χ0) is 15.8. The Labute approximate surface area is 140 Å². The van der Waals surface area contributed by atoms with E-state index in [0.29, 0.717) is 6.61 Å². The van der Waals surface area contributed by atoms with Gasteiger partial charge in [0.2, 0.25) is 0 Å². The molecule has 0 aromatic carbocycles. The quantitative estimate of drug-likeness (QED) is 0.191. The summed E-state index contributed by atoms with van der Waals surface area (Å²) < 4.78 is 4.98. The Hall–Kier alpha value is -0.0500. The molecule has 0 amide bonds. The van der Waals surface area contributed by atoms with Gasteiger partial charge in [-0.1, -0.05) is 99.9 Å². The van der Waals surface area contributed by atoms with Crippen LogP contribution in [0.4, 0.5) is 0 Å². The summed E-state index contributed by atoms with van der Waals surface area (Å²) in [6.07, 6.45) is 17.1. The molecule has 3 heteroatoms. The zero-order valence-electron chi connectivity index (χ0n) is 14.2. The van der Waals surface area contributed by atoms with E-state index in [2.05, 4.69) is 22.9 Å². The molecule has 0 fully saturated rings. The summed E-state index contributed by atoms with van der Waals surface area (Å²) in [7, 11) is 0. The number of carbonyl (C=O) groups excluding carboxylic acids is 1. The van der Waals surface area contributed by atoms with Crippen LogP contribution in [-0.2, 0) is 9.53 Å². The lowest BCUT2D eigenvalue weighted by atomic mass is 10.0. The van der Waals surface area contributed by atoms with Crippen LogP contribution in [0.25, 0.3) is 0 Å². The van der Waals surface area contributed by atoms with E-state index in [4.69, 9.17) is 4.74 Å². The Morgan fingerprint density at radius 3 is 1.67 bits per heavy atom. The largest absolute Gasteiger partial charge is 0.465 e. The lowest BCUT2D eigenvalue weighted by Crippen LogP contribution is -2.17. The van der Waals surface area contributed by atoms with Crippen LogP contribution in [0.1, 0.15) is 97.3 Å². The third-order valence-corrected chi connectivity index (χ3v) is 4.69. The molecule has 0 aliphatic heterocycles. The SMILES string of the molecule is CCCCCCCCCCCCCCC(Br)C(=O)OCC. The Balaban J connectivity index is 3.17. The number of carbonyl (C=O) groups is 1. The van der Waals surface area contributed by atoms with E-state index < -0.39 is 0 Å². The molecule has 0 N–H and O–H groups in total. The van der Waals surface area contributed by atoms with Gasteiger partial charge in [-0.15, -0.1) is 0 Å². The minimum Gasteiger partial charge on any atom is -0.465 e. The van der Waals surface area contributed by atoms with E-state index in [9.17, 15) is 4.79 Å². The maximum absolute atomic E-state index is 11.4. The van der Waals surface area contributed by atoms with Gasteiger partial charge in [0.25, 0.3) is 0 Å². The van der Waals surface area contributed by atoms with Gasteiger partial charge < -0.3 is 4.74 Å². The fourth-order valence-corrected chi connectivity index (χ4v) is 2.97. The van der Waals surface area contributed by atoms with Crippen LogP contribution < -0.4 is 0 Å². The van der Waals surface area contributed by atoms with Gasteiger partial charge in [0.1, 0.15) is 4.83 Å². The second kappa shape index (κ2) is 16.3. The molecule has 0 aliphatic rings. The molecular formula is C18H35BrO2. The van der Waals surface area contributed by atoms with E-state index in [0.717, 1.165) is 12.8 Å². The van der Waals surface area contributed by atoms with E-state index >= 15 is 0 Å². The van der Waals surface area contributed by atoms with Gasteiger partial charge in [-0.2, -0.15) is 0 Å². The molecule has 0 aromatic rings. The van der Waals surface area contributed by atoms with Crippen LogP contribution in [-0.4, -0.2) is 17.4 Å². The highest BCUT2D eigenvalue weighted by Gasteiger charge is 2.14. The van der Waals surface area contributed by atoms with Crippen molar-refractivity contribution in [2.75, 3.05) is 6.61 Å². The monoisotopic (exact) mass is 362 g/mol. The van der Waals surface area contributed by atoms with Crippen LogP contribution in [0.3, 0.4) is 0 Å². The minimum absolute atomic E-state index is 0.111. The molecule has 0 aliphatic carbocycles. The third kappa shape index (κ3) is 14.6. The van der Waals surface area contributed by atoms with Crippen molar-refractivity contribution in [1.29, 1.82) is 0 Å². The molecule has 0 heterocycles. The smallest absolute Gasteiger partial charge is 0.319 e. The lowest BCUT2D eigenvalue weighted by molar-refractivity contribution is -0.142. The predicted octanol–water partition coefficient (Wildman–Crippen LogP) is 6.40. The van der Waals surface area contributed by atoms with Crippen LogP contribution in [0.15, 0.2) is 0 Å². The summed E-state index contributed by atoms with van der Waals surface area (Å²) in [5.41, 5.74) is 0. The van der Waals surface area contributed by atoms with Gasteiger partial charge in [0, 0.05) is 0 Å². The Morgan fingerprint density at radius 1 is 0.810 bits per heavy atom. The Morgan fingerprint density at radius 2 is 1.24 bits per heavy atom. The zero-order valence-corrected chi connectivity index (χ0v) is 15.8. The highest BCUT2D eigenvalue weighted by molar-refractivity contribution is 9.10. The molecule has 1 atom stereocenters. The first-order chi connectivity index (χ1) is 10.2.